The third-order valence-corrected chi connectivity index (χ3v) is 7.42. The molecule has 0 bridgehead atoms. The van der Waals surface area contributed by atoms with Gasteiger partial charge in [-0.2, -0.15) is 0 Å². The van der Waals surface area contributed by atoms with Crippen LogP contribution in [0, 0.1) is 5.82 Å². The smallest absolute Gasteiger partial charge is 0.337 e. The SMILES string of the molecule is CCCC(Nc1cc(Cl)c(S(=O)(=O)NCc2c(F)cccc2Cl)cc1C(=O)O)c1ccccc1. The summed E-state index contributed by atoms with van der Waals surface area (Å²) in [7, 11) is -4.28. The maximum atomic E-state index is 14.0. The molecule has 6 nitrogen and oxygen atoms in total. The number of sulfonamides is 1. The Kier molecular flexibility index (Phi) is 8.54. The number of benzene rings is 3. The number of hydrogen-bond donors (Lipinski definition) is 3. The van der Waals surface area contributed by atoms with Crippen molar-refractivity contribution in [2.45, 2.75) is 37.2 Å². The summed E-state index contributed by atoms with van der Waals surface area (Å²) in [6, 6.07) is 15.6. The first-order valence-electron chi connectivity index (χ1n) is 10.4. The molecule has 0 radical (unpaired) electrons. The van der Waals surface area contributed by atoms with Gasteiger partial charge in [-0.25, -0.2) is 22.3 Å². The van der Waals surface area contributed by atoms with Crippen LogP contribution in [0.4, 0.5) is 10.1 Å². The van der Waals surface area contributed by atoms with Crippen molar-refractivity contribution in [3.8, 4) is 0 Å². The third kappa shape index (κ3) is 6.07. The van der Waals surface area contributed by atoms with Gasteiger partial charge in [0.05, 0.1) is 22.3 Å². The van der Waals surface area contributed by atoms with Crippen LogP contribution in [-0.2, 0) is 16.6 Å². The fourth-order valence-corrected chi connectivity index (χ4v) is 5.26. The lowest BCUT2D eigenvalue weighted by Gasteiger charge is -2.22. The molecule has 1 unspecified atom stereocenters. The highest BCUT2D eigenvalue weighted by atomic mass is 35.5. The van der Waals surface area contributed by atoms with Gasteiger partial charge >= 0.3 is 5.97 Å². The first-order chi connectivity index (χ1) is 16.1. The molecule has 0 amide bonds. The number of anilines is 1. The van der Waals surface area contributed by atoms with E-state index in [0.717, 1.165) is 24.1 Å². The summed E-state index contributed by atoms with van der Waals surface area (Å²) in [6.07, 6.45) is 1.55. The average molecular weight is 525 g/mol. The Balaban J connectivity index is 1.94. The van der Waals surface area contributed by atoms with Crippen LogP contribution in [0.2, 0.25) is 10.0 Å². The molecule has 0 aliphatic carbocycles. The molecule has 180 valence electrons. The zero-order valence-electron chi connectivity index (χ0n) is 18.2. The highest BCUT2D eigenvalue weighted by Crippen LogP contribution is 2.33. The highest BCUT2D eigenvalue weighted by molar-refractivity contribution is 7.89. The highest BCUT2D eigenvalue weighted by Gasteiger charge is 2.25. The van der Waals surface area contributed by atoms with Crippen LogP contribution in [0.3, 0.4) is 0 Å². The predicted octanol–water partition coefficient (Wildman–Crippen LogP) is 6.26. The summed E-state index contributed by atoms with van der Waals surface area (Å²) in [5.41, 5.74) is 0.851. The van der Waals surface area contributed by atoms with Crippen LogP contribution in [0.1, 0.15) is 47.3 Å². The summed E-state index contributed by atoms with van der Waals surface area (Å²) in [6.45, 7) is 1.57. The Bertz CT molecular complexity index is 1270. The lowest BCUT2D eigenvalue weighted by Crippen LogP contribution is -2.25. The molecule has 0 spiro atoms. The van der Waals surface area contributed by atoms with E-state index in [2.05, 4.69) is 10.0 Å². The van der Waals surface area contributed by atoms with Crippen LogP contribution in [0.25, 0.3) is 0 Å². The van der Waals surface area contributed by atoms with Gasteiger partial charge in [-0.1, -0.05) is 72.9 Å². The fraction of sp³-hybridized carbons (Fsp3) is 0.208. The lowest BCUT2D eigenvalue weighted by molar-refractivity contribution is 0.0697. The topological polar surface area (TPSA) is 95.5 Å². The van der Waals surface area contributed by atoms with Crippen molar-refractivity contribution in [1.29, 1.82) is 0 Å². The van der Waals surface area contributed by atoms with Crippen molar-refractivity contribution in [3.63, 3.8) is 0 Å². The van der Waals surface area contributed by atoms with Gasteiger partial charge in [0.1, 0.15) is 10.7 Å². The zero-order valence-corrected chi connectivity index (χ0v) is 20.5. The molecule has 0 aliphatic rings. The Morgan fingerprint density at radius 1 is 1.06 bits per heavy atom. The largest absolute Gasteiger partial charge is 0.478 e. The molecule has 34 heavy (non-hydrogen) atoms. The molecule has 0 saturated heterocycles. The molecular weight excluding hydrogens is 502 g/mol. The molecule has 0 aliphatic heterocycles. The minimum atomic E-state index is -4.28. The van der Waals surface area contributed by atoms with Gasteiger partial charge in [-0.05, 0) is 36.2 Å². The standard InChI is InChI=1S/C24H23Cl2FN2O4S/c1-2-7-21(15-8-4-3-5-9-15)29-22-13-19(26)23(12-16(22)24(30)31)34(32,33)28-14-17-18(25)10-6-11-20(17)27/h3-6,8-13,21,28-29H,2,7,14H2,1H3,(H,30,31). The molecule has 3 rings (SSSR count). The molecule has 0 saturated carbocycles. The van der Waals surface area contributed by atoms with Crippen molar-refractivity contribution in [2.75, 3.05) is 5.32 Å². The van der Waals surface area contributed by atoms with Crippen molar-refractivity contribution >= 4 is 44.9 Å². The normalized spacial score (nSPS) is 12.4. The van der Waals surface area contributed by atoms with Gasteiger partial charge in [0, 0.05) is 17.1 Å². The monoisotopic (exact) mass is 524 g/mol. The van der Waals surface area contributed by atoms with Gasteiger partial charge < -0.3 is 10.4 Å². The third-order valence-electron chi connectivity index (χ3n) is 5.20. The van der Waals surface area contributed by atoms with Gasteiger partial charge in [-0.15, -0.1) is 0 Å². The summed E-state index contributed by atoms with van der Waals surface area (Å²) >= 11 is 12.3. The average Bonchev–Trinajstić information content (AvgIpc) is 2.78. The van der Waals surface area contributed by atoms with E-state index in [1.165, 1.54) is 18.2 Å². The van der Waals surface area contributed by atoms with Crippen molar-refractivity contribution in [1.82, 2.24) is 4.72 Å². The fourth-order valence-electron chi connectivity index (χ4n) is 3.49. The lowest BCUT2D eigenvalue weighted by atomic mass is 10.0. The van der Waals surface area contributed by atoms with E-state index in [0.29, 0.717) is 6.42 Å². The predicted molar refractivity (Wildman–Crippen MR) is 132 cm³/mol. The second-order valence-electron chi connectivity index (χ2n) is 7.55. The van der Waals surface area contributed by atoms with Crippen molar-refractivity contribution in [3.05, 3.63) is 93.2 Å². The van der Waals surface area contributed by atoms with E-state index in [1.54, 1.807) is 0 Å². The van der Waals surface area contributed by atoms with Crippen LogP contribution < -0.4 is 10.0 Å². The summed E-state index contributed by atoms with van der Waals surface area (Å²) in [5, 5.41) is 12.8. The van der Waals surface area contributed by atoms with E-state index < -0.39 is 33.3 Å². The van der Waals surface area contributed by atoms with Crippen molar-refractivity contribution in [2.24, 2.45) is 0 Å². The van der Waals surface area contributed by atoms with Gasteiger partial charge in [0.2, 0.25) is 10.0 Å². The zero-order chi connectivity index (χ0) is 24.9. The molecule has 3 aromatic rings. The number of aromatic carboxylic acids is 1. The van der Waals surface area contributed by atoms with Gasteiger partial charge in [0.25, 0.3) is 0 Å². The van der Waals surface area contributed by atoms with Crippen LogP contribution in [0.5, 0.6) is 0 Å². The van der Waals surface area contributed by atoms with E-state index in [4.69, 9.17) is 23.2 Å². The maximum absolute atomic E-state index is 14.0. The summed E-state index contributed by atoms with van der Waals surface area (Å²) in [4.78, 5) is 11.6. The molecule has 0 heterocycles. The van der Waals surface area contributed by atoms with E-state index in [1.807, 2.05) is 37.3 Å². The van der Waals surface area contributed by atoms with Crippen molar-refractivity contribution < 1.29 is 22.7 Å². The number of rotatable bonds is 10. The van der Waals surface area contributed by atoms with E-state index in [-0.39, 0.29) is 32.9 Å². The van der Waals surface area contributed by atoms with Gasteiger partial charge in [0.15, 0.2) is 0 Å². The Hall–Kier alpha value is -2.65. The molecule has 3 N–H and O–H groups in total. The Morgan fingerprint density at radius 2 is 1.76 bits per heavy atom. The number of carboxylic acids is 1. The second kappa shape index (κ2) is 11.2. The number of halogens is 3. The molecule has 3 aromatic carbocycles. The first-order valence-corrected chi connectivity index (χ1v) is 12.7. The van der Waals surface area contributed by atoms with Crippen LogP contribution in [0.15, 0.2) is 65.6 Å². The Labute approximate surface area is 207 Å². The van der Waals surface area contributed by atoms with E-state index >= 15 is 0 Å². The molecule has 0 aromatic heterocycles. The minimum Gasteiger partial charge on any atom is -0.478 e. The number of carboxylic acid groups (broad SMARTS) is 1. The Morgan fingerprint density at radius 3 is 2.38 bits per heavy atom. The minimum absolute atomic E-state index is 0.0362. The molecule has 0 fully saturated rings. The quantitative estimate of drug-likeness (QED) is 0.290. The van der Waals surface area contributed by atoms with Crippen LogP contribution >= 0.6 is 23.2 Å². The number of carbonyl (C=O) groups is 1. The molecular formula is C24H23Cl2FN2O4S. The molecule has 1 atom stereocenters. The number of nitrogens with one attached hydrogen (secondary N) is 2. The molecule has 10 heteroatoms. The van der Waals surface area contributed by atoms with E-state index in [9.17, 15) is 22.7 Å². The second-order valence-corrected chi connectivity index (χ2v) is 10.1. The summed E-state index contributed by atoms with van der Waals surface area (Å²) in [5.74, 6) is -1.99. The van der Waals surface area contributed by atoms with Gasteiger partial charge in [-0.3, -0.25) is 0 Å². The maximum Gasteiger partial charge on any atom is 0.337 e. The number of hydrogen-bond acceptors (Lipinski definition) is 4. The summed E-state index contributed by atoms with van der Waals surface area (Å²) < 4.78 is 42.1. The first kappa shape index (κ1) is 26.0. The van der Waals surface area contributed by atoms with Crippen LogP contribution in [-0.4, -0.2) is 19.5 Å².